The van der Waals surface area contributed by atoms with Gasteiger partial charge in [-0.1, -0.05) is 29.8 Å². The van der Waals surface area contributed by atoms with Crippen molar-refractivity contribution in [1.29, 1.82) is 0 Å². The van der Waals surface area contributed by atoms with Crippen LogP contribution in [0.4, 0.5) is 4.39 Å². The summed E-state index contributed by atoms with van der Waals surface area (Å²) in [5, 5.41) is 3.36. The second-order valence-electron chi connectivity index (χ2n) is 6.56. The Hall–Kier alpha value is -3.25. The fourth-order valence-corrected chi connectivity index (χ4v) is 3.40. The molecule has 0 fully saturated rings. The fraction of sp³-hybridized carbons (Fsp3) is 0.136. The molecule has 0 saturated heterocycles. The monoisotopic (exact) mass is 409 g/mol. The van der Waals surface area contributed by atoms with E-state index < -0.39 is 0 Å². The van der Waals surface area contributed by atoms with E-state index in [0.717, 1.165) is 11.1 Å². The fourth-order valence-electron chi connectivity index (χ4n) is 3.16. The third-order valence-electron chi connectivity index (χ3n) is 4.49. The minimum Gasteiger partial charge on any atom is -0.487 e. The van der Waals surface area contributed by atoms with E-state index in [1.54, 1.807) is 42.7 Å². The first-order valence-electron chi connectivity index (χ1n) is 9.07. The van der Waals surface area contributed by atoms with Crippen molar-refractivity contribution < 1.29 is 13.9 Å². The number of aromatic nitrogens is 2. The van der Waals surface area contributed by atoms with Gasteiger partial charge < -0.3 is 10.1 Å². The molecule has 0 radical (unpaired) electrons. The lowest BCUT2D eigenvalue weighted by atomic mass is 10.1. The summed E-state index contributed by atoms with van der Waals surface area (Å²) in [5.74, 6) is 0.515. The van der Waals surface area contributed by atoms with Gasteiger partial charge in [0, 0.05) is 41.0 Å². The Kier molecular flexibility index (Phi) is 5.53. The van der Waals surface area contributed by atoms with Crippen molar-refractivity contribution in [3.63, 3.8) is 0 Å². The zero-order valence-corrected chi connectivity index (χ0v) is 16.1. The number of carbonyl (C=O) groups is 1. The number of nitrogens with zero attached hydrogens (tertiary/aromatic N) is 2. The van der Waals surface area contributed by atoms with Gasteiger partial charge in [0.15, 0.2) is 5.82 Å². The Morgan fingerprint density at radius 1 is 1.24 bits per heavy atom. The molecule has 1 unspecified atom stereocenters. The summed E-state index contributed by atoms with van der Waals surface area (Å²) in [6, 6.07) is 11.6. The van der Waals surface area contributed by atoms with Crippen LogP contribution in [0.1, 0.15) is 11.1 Å². The van der Waals surface area contributed by atoms with Crippen LogP contribution in [0.2, 0.25) is 5.02 Å². The Labute approximate surface area is 172 Å². The molecule has 2 heterocycles. The van der Waals surface area contributed by atoms with E-state index >= 15 is 0 Å². The summed E-state index contributed by atoms with van der Waals surface area (Å²) in [6.07, 6.45) is 6.43. The van der Waals surface area contributed by atoms with E-state index in [1.807, 2.05) is 6.07 Å². The Morgan fingerprint density at radius 2 is 2.03 bits per heavy atom. The smallest absolute Gasteiger partial charge is 0.244 e. The van der Waals surface area contributed by atoms with Crippen LogP contribution in [0.3, 0.4) is 0 Å². The zero-order chi connectivity index (χ0) is 20.2. The van der Waals surface area contributed by atoms with E-state index in [0.29, 0.717) is 35.1 Å². The maximum absolute atomic E-state index is 13.6. The molecule has 4 rings (SSSR count). The van der Waals surface area contributed by atoms with E-state index in [2.05, 4.69) is 15.3 Å². The predicted octanol–water partition coefficient (Wildman–Crippen LogP) is 4.07. The highest BCUT2D eigenvalue weighted by atomic mass is 35.5. The van der Waals surface area contributed by atoms with Crippen molar-refractivity contribution in [3.8, 4) is 17.1 Å². The SMILES string of the molecule is O=C(/C=C/c1ccccc1F)NCC1Cc2cc(Cl)cc(-c3ncccn3)c2O1. The molecular weight excluding hydrogens is 393 g/mol. The van der Waals surface area contributed by atoms with E-state index in [-0.39, 0.29) is 17.8 Å². The molecular formula is C22H17ClFN3O2. The minimum atomic E-state index is -0.376. The average Bonchev–Trinajstić information content (AvgIpc) is 3.14. The standard InChI is InChI=1S/C22H17ClFN3O2/c23-16-10-15-11-17(29-21(15)18(12-16)22-25-8-3-9-26-22)13-27-20(28)7-6-14-4-1-2-5-19(14)24/h1-10,12,17H,11,13H2,(H,27,28)/b7-6+. The number of hydrogen-bond acceptors (Lipinski definition) is 4. The van der Waals surface area contributed by atoms with Gasteiger partial charge in [0.2, 0.25) is 5.91 Å². The van der Waals surface area contributed by atoms with Crippen LogP contribution in [0.25, 0.3) is 17.5 Å². The van der Waals surface area contributed by atoms with E-state index in [9.17, 15) is 9.18 Å². The topological polar surface area (TPSA) is 64.1 Å². The lowest BCUT2D eigenvalue weighted by Crippen LogP contribution is -2.33. The highest BCUT2D eigenvalue weighted by Gasteiger charge is 2.27. The van der Waals surface area contributed by atoms with Crippen LogP contribution in [-0.4, -0.2) is 28.5 Å². The highest BCUT2D eigenvalue weighted by Crippen LogP contribution is 2.39. The summed E-state index contributed by atoms with van der Waals surface area (Å²) in [5.41, 5.74) is 2.02. The van der Waals surface area contributed by atoms with Gasteiger partial charge in [0.1, 0.15) is 17.7 Å². The molecule has 1 amide bonds. The number of rotatable bonds is 5. The number of carbonyl (C=O) groups excluding carboxylic acids is 1. The molecule has 1 aliphatic heterocycles. The van der Waals surface area contributed by atoms with Gasteiger partial charge in [0.05, 0.1) is 12.1 Å². The molecule has 146 valence electrons. The van der Waals surface area contributed by atoms with E-state index in [1.165, 1.54) is 18.2 Å². The van der Waals surface area contributed by atoms with Gasteiger partial charge in [0.25, 0.3) is 0 Å². The number of halogens is 2. The van der Waals surface area contributed by atoms with Gasteiger partial charge in [-0.05, 0) is 30.3 Å². The first-order chi connectivity index (χ1) is 14.1. The average molecular weight is 410 g/mol. The molecule has 1 aliphatic rings. The highest BCUT2D eigenvalue weighted by molar-refractivity contribution is 6.31. The van der Waals surface area contributed by atoms with E-state index in [4.69, 9.17) is 16.3 Å². The predicted molar refractivity (Wildman–Crippen MR) is 109 cm³/mol. The number of ether oxygens (including phenoxy) is 1. The largest absolute Gasteiger partial charge is 0.487 e. The Balaban J connectivity index is 1.41. The molecule has 0 bridgehead atoms. The molecule has 2 aromatic carbocycles. The minimum absolute atomic E-state index is 0.239. The molecule has 29 heavy (non-hydrogen) atoms. The van der Waals surface area contributed by atoms with Crippen LogP contribution >= 0.6 is 11.6 Å². The van der Waals surface area contributed by atoms with Crippen molar-refractivity contribution in [2.24, 2.45) is 0 Å². The summed E-state index contributed by atoms with van der Waals surface area (Å²) in [4.78, 5) is 20.6. The summed E-state index contributed by atoms with van der Waals surface area (Å²) in [7, 11) is 0. The second kappa shape index (κ2) is 8.41. The quantitative estimate of drug-likeness (QED) is 0.645. The molecule has 1 N–H and O–H groups in total. The van der Waals surface area contributed by atoms with Crippen molar-refractivity contribution in [2.45, 2.75) is 12.5 Å². The number of hydrogen-bond donors (Lipinski definition) is 1. The van der Waals surface area contributed by atoms with Gasteiger partial charge in [-0.2, -0.15) is 0 Å². The van der Waals surface area contributed by atoms with Gasteiger partial charge in [-0.3, -0.25) is 4.79 Å². The first-order valence-corrected chi connectivity index (χ1v) is 9.45. The Bertz CT molecular complexity index is 1070. The third-order valence-corrected chi connectivity index (χ3v) is 4.71. The van der Waals surface area contributed by atoms with Crippen molar-refractivity contribution in [3.05, 3.63) is 82.9 Å². The van der Waals surface area contributed by atoms with Gasteiger partial charge >= 0.3 is 0 Å². The summed E-state index contributed by atoms with van der Waals surface area (Å²) in [6.45, 7) is 0.307. The van der Waals surface area contributed by atoms with Gasteiger partial charge in [-0.15, -0.1) is 0 Å². The third kappa shape index (κ3) is 4.43. The number of fused-ring (bicyclic) bond motifs is 1. The maximum Gasteiger partial charge on any atom is 0.244 e. The molecule has 5 nitrogen and oxygen atoms in total. The molecule has 1 aromatic heterocycles. The van der Waals surface area contributed by atoms with Crippen LogP contribution in [0.5, 0.6) is 5.75 Å². The van der Waals surface area contributed by atoms with Crippen molar-refractivity contribution in [2.75, 3.05) is 6.54 Å². The van der Waals surface area contributed by atoms with Crippen molar-refractivity contribution in [1.82, 2.24) is 15.3 Å². The van der Waals surface area contributed by atoms with Crippen molar-refractivity contribution >= 4 is 23.6 Å². The number of nitrogens with one attached hydrogen (secondary N) is 1. The molecule has 0 aliphatic carbocycles. The Morgan fingerprint density at radius 3 is 2.83 bits per heavy atom. The molecule has 0 saturated carbocycles. The summed E-state index contributed by atoms with van der Waals surface area (Å²) >= 11 is 6.25. The number of amides is 1. The first kappa shape index (κ1) is 19.1. The zero-order valence-electron chi connectivity index (χ0n) is 15.3. The van der Waals surface area contributed by atoms with Gasteiger partial charge in [-0.25, -0.2) is 14.4 Å². The van der Waals surface area contributed by atoms with Crippen LogP contribution in [0, 0.1) is 5.82 Å². The van der Waals surface area contributed by atoms with Crippen LogP contribution in [-0.2, 0) is 11.2 Å². The molecule has 1 atom stereocenters. The lowest BCUT2D eigenvalue weighted by Gasteiger charge is -2.12. The molecule has 7 heteroatoms. The van der Waals surface area contributed by atoms with Crippen LogP contribution < -0.4 is 10.1 Å². The summed E-state index contributed by atoms with van der Waals surface area (Å²) < 4.78 is 19.7. The van der Waals surface area contributed by atoms with Crippen LogP contribution in [0.15, 0.2) is 60.9 Å². The maximum atomic E-state index is 13.6. The number of benzene rings is 2. The lowest BCUT2D eigenvalue weighted by molar-refractivity contribution is -0.116. The molecule has 3 aromatic rings. The second-order valence-corrected chi connectivity index (χ2v) is 6.99. The normalized spacial score (nSPS) is 15.2. The molecule has 0 spiro atoms.